The summed E-state index contributed by atoms with van der Waals surface area (Å²) < 4.78 is 25.1. The maximum atomic E-state index is 12.6. The van der Waals surface area contributed by atoms with E-state index in [0.717, 1.165) is 19.3 Å². The monoisotopic (exact) mass is 283 g/mol. The molecule has 1 aliphatic carbocycles. The molecule has 0 radical (unpaired) electrons. The third-order valence-electron chi connectivity index (χ3n) is 4.62. The highest BCUT2D eigenvalue weighted by Crippen LogP contribution is 2.47. The van der Waals surface area contributed by atoms with Crippen molar-refractivity contribution >= 4 is 0 Å². The topological polar surface area (TPSA) is 46.2 Å². The van der Waals surface area contributed by atoms with Crippen LogP contribution < -0.4 is 5.73 Å². The number of alkyl halides is 2. The fourth-order valence-corrected chi connectivity index (χ4v) is 3.42. The SMILES string of the molecule is CC1CCCC(CN)(C(O)c2ccc(C(F)F)cc2)C1. The third kappa shape index (κ3) is 3.01. The maximum absolute atomic E-state index is 12.6. The Morgan fingerprint density at radius 3 is 2.40 bits per heavy atom. The lowest BCUT2D eigenvalue weighted by molar-refractivity contribution is -0.0131. The van der Waals surface area contributed by atoms with Gasteiger partial charge in [-0.2, -0.15) is 0 Å². The Labute approximate surface area is 119 Å². The Morgan fingerprint density at radius 1 is 1.30 bits per heavy atom. The summed E-state index contributed by atoms with van der Waals surface area (Å²) in [6.07, 6.45) is 0.859. The lowest BCUT2D eigenvalue weighted by Crippen LogP contribution is -2.40. The Morgan fingerprint density at radius 2 is 1.90 bits per heavy atom. The molecular formula is C16H23F2NO. The first kappa shape index (κ1) is 15.4. The van der Waals surface area contributed by atoms with Crippen molar-refractivity contribution in [2.75, 3.05) is 6.54 Å². The fourth-order valence-electron chi connectivity index (χ4n) is 3.42. The molecule has 2 nitrogen and oxygen atoms in total. The van der Waals surface area contributed by atoms with Crippen molar-refractivity contribution in [1.29, 1.82) is 0 Å². The van der Waals surface area contributed by atoms with Crippen LogP contribution in [-0.2, 0) is 0 Å². The molecule has 3 unspecified atom stereocenters. The zero-order chi connectivity index (χ0) is 14.8. The molecule has 0 saturated heterocycles. The third-order valence-corrected chi connectivity index (χ3v) is 4.62. The van der Waals surface area contributed by atoms with Gasteiger partial charge in [0.25, 0.3) is 6.43 Å². The van der Waals surface area contributed by atoms with Crippen LogP contribution >= 0.6 is 0 Å². The normalized spacial score (nSPS) is 28.6. The van der Waals surface area contributed by atoms with Gasteiger partial charge in [0.2, 0.25) is 0 Å². The summed E-state index contributed by atoms with van der Waals surface area (Å²) in [4.78, 5) is 0. The second-order valence-electron chi connectivity index (χ2n) is 6.14. The summed E-state index contributed by atoms with van der Waals surface area (Å²) in [5, 5.41) is 10.7. The zero-order valence-corrected chi connectivity index (χ0v) is 11.9. The number of aliphatic hydroxyl groups excluding tert-OH is 1. The van der Waals surface area contributed by atoms with Gasteiger partial charge in [-0.1, -0.05) is 44.0 Å². The van der Waals surface area contributed by atoms with Gasteiger partial charge in [-0.05, 0) is 24.3 Å². The number of rotatable bonds is 4. The number of benzene rings is 1. The summed E-state index contributed by atoms with van der Waals surface area (Å²) in [5.41, 5.74) is 6.30. The van der Waals surface area contributed by atoms with Crippen molar-refractivity contribution in [3.63, 3.8) is 0 Å². The highest BCUT2D eigenvalue weighted by atomic mass is 19.3. The van der Waals surface area contributed by atoms with E-state index in [9.17, 15) is 13.9 Å². The van der Waals surface area contributed by atoms with Crippen LogP contribution in [0.4, 0.5) is 8.78 Å². The largest absolute Gasteiger partial charge is 0.388 e. The minimum atomic E-state index is -2.47. The van der Waals surface area contributed by atoms with E-state index in [1.165, 1.54) is 18.6 Å². The molecule has 0 amide bonds. The van der Waals surface area contributed by atoms with Gasteiger partial charge in [-0.3, -0.25) is 0 Å². The number of nitrogens with two attached hydrogens (primary N) is 1. The molecule has 1 aromatic carbocycles. The molecule has 2 rings (SSSR count). The van der Waals surface area contributed by atoms with Gasteiger partial charge in [0.1, 0.15) is 0 Å². The molecule has 112 valence electrons. The van der Waals surface area contributed by atoms with Gasteiger partial charge in [-0.25, -0.2) is 8.78 Å². The molecule has 1 aliphatic rings. The second kappa shape index (κ2) is 6.19. The summed E-state index contributed by atoms with van der Waals surface area (Å²) in [7, 11) is 0. The van der Waals surface area contributed by atoms with Gasteiger partial charge >= 0.3 is 0 Å². The number of aliphatic hydroxyl groups is 1. The molecule has 1 saturated carbocycles. The summed E-state index contributed by atoms with van der Waals surface area (Å²) in [6.45, 7) is 2.60. The average Bonchev–Trinajstić information content (AvgIpc) is 2.46. The van der Waals surface area contributed by atoms with Gasteiger partial charge in [0.15, 0.2) is 0 Å². The van der Waals surface area contributed by atoms with E-state index in [4.69, 9.17) is 5.73 Å². The Kier molecular flexibility index (Phi) is 4.76. The van der Waals surface area contributed by atoms with Gasteiger partial charge in [-0.15, -0.1) is 0 Å². The Bertz CT molecular complexity index is 435. The molecule has 0 bridgehead atoms. The van der Waals surface area contributed by atoms with E-state index < -0.39 is 12.5 Å². The van der Waals surface area contributed by atoms with Crippen LogP contribution in [0.25, 0.3) is 0 Å². The number of hydrogen-bond acceptors (Lipinski definition) is 2. The highest BCUT2D eigenvalue weighted by Gasteiger charge is 2.40. The van der Waals surface area contributed by atoms with Gasteiger partial charge < -0.3 is 10.8 Å². The van der Waals surface area contributed by atoms with Crippen LogP contribution in [0.15, 0.2) is 24.3 Å². The number of hydrogen-bond donors (Lipinski definition) is 2. The summed E-state index contributed by atoms with van der Waals surface area (Å²) in [6, 6.07) is 5.98. The van der Waals surface area contributed by atoms with Crippen LogP contribution in [-0.4, -0.2) is 11.7 Å². The Hall–Kier alpha value is -1.00. The molecule has 4 heteroatoms. The van der Waals surface area contributed by atoms with E-state index in [-0.39, 0.29) is 11.0 Å². The van der Waals surface area contributed by atoms with Crippen molar-refractivity contribution in [2.45, 2.75) is 45.1 Å². The smallest absolute Gasteiger partial charge is 0.263 e. The van der Waals surface area contributed by atoms with Gasteiger partial charge in [0.05, 0.1) is 6.10 Å². The first-order chi connectivity index (χ1) is 9.48. The number of halogens is 2. The van der Waals surface area contributed by atoms with E-state index in [1.807, 2.05) is 0 Å². The predicted octanol–water partition coefficient (Wildman–Crippen LogP) is 3.81. The quantitative estimate of drug-likeness (QED) is 0.882. The fraction of sp³-hybridized carbons (Fsp3) is 0.625. The molecule has 20 heavy (non-hydrogen) atoms. The lowest BCUT2D eigenvalue weighted by atomic mass is 9.65. The summed E-state index contributed by atoms with van der Waals surface area (Å²) in [5.74, 6) is 0.544. The van der Waals surface area contributed by atoms with E-state index in [0.29, 0.717) is 18.0 Å². The molecular weight excluding hydrogens is 260 g/mol. The predicted molar refractivity (Wildman–Crippen MR) is 75.5 cm³/mol. The van der Waals surface area contributed by atoms with Crippen LogP contribution in [0.5, 0.6) is 0 Å². The molecule has 0 aromatic heterocycles. The standard InChI is InChI=1S/C16H23F2NO/c1-11-3-2-8-16(9-11,10-19)14(20)12-4-6-13(7-5-12)15(17)18/h4-7,11,14-15,20H,2-3,8-10,19H2,1H3. The van der Waals surface area contributed by atoms with Gasteiger partial charge in [0, 0.05) is 17.5 Å². The second-order valence-corrected chi connectivity index (χ2v) is 6.14. The van der Waals surface area contributed by atoms with Crippen LogP contribution in [0.1, 0.15) is 56.3 Å². The van der Waals surface area contributed by atoms with Crippen molar-refractivity contribution in [3.05, 3.63) is 35.4 Å². The minimum Gasteiger partial charge on any atom is -0.388 e. The average molecular weight is 283 g/mol. The van der Waals surface area contributed by atoms with E-state index in [2.05, 4.69) is 6.92 Å². The first-order valence-corrected chi connectivity index (χ1v) is 7.24. The highest BCUT2D eigenvalue weighted by molar-refractivity contribution is 5.26. The molecule has 3 atom stereocenters. The van der Waals surface area contributed by atoms with Crippen LogP contribution in [0, 0.1) is 11.3 Å². The molecule has 1 fully saturated rings. The zero-order valence-electron chi connectivity index (χ0n) is 11.9. The Balaban J connectivity index is 2.21. The van der Waals surface area contributed by atoms with Crippen LogP contribution in [0.3, 0.4) is 0 Å². The molecule has 0 heterocycles. The molecule has 0 spiro atoms. The first-order valence-electron chi connectivity index (χ1n) is 7.24. The van der Waals surface area contributed by atoms with E-state index in [1.54, 1.807) is 12.1 Å². The van der Waals surface area contributed by atoms with Crippen molar-refractivity contribution in [3.8, 4) is 0 Å². The van der Waals surface area contributed by atoms with Crippen molar-refractivity contribution < 1.29 is 13.9 Å². The maximum Gasteiger partial charge on any atom is 0.263 e. The van der Waals surface area contributed by atoms with Crippen LogP contribution in [0.2, 0.25) is 0 Å². The molecule has 3 N–H and O–H groups in total. The van der Waals surface area contributed by atoms with Crippen molar-refractivity contribution in [2.24, 2.45) is 17.1 Å². The molecule has 0 aliphatic heterocycles. The minimum absolute atomic E-state index is 0.0141. The van der Waals surface area contributed by atoms with Crippen molar-refractivity contribution in [1.82, 2.24) is 0 Å². The molecule has 1 aromatic rings. The summed E-state index contributed by atoms with van der Waals surface area (Å²) >= 11 is 0. The lowest BCUT2D eigenvalue weighted by Gasteiger charge is -2.43. The van der Waals surface area contributed by atoms with E-state index >= 15 is 0 Å².